The Bertz CT molecular complexity index is 169. The smallest absolute Gasteiger partial charge is 0.344 e. The normalized spacial score (nSPS) is 8.22. The first-order valence-corrected chi connectivity index (χ1v) is 2.56. The van der Waals surface area contributed by atoms with E-state index in [1.807, 2.05) is 0 Å². The Hall–Kier alpha value is -1.23. The van der Waals surface area contributed by atoms with Crippen molar-refractivity contribution in [1.29, 1.82) is 0 Å². The summed E-state index contributed by atoms with van der Waals surface area (Å²) in [6, 6.07) is 0. The van der Waals surface area contributed by atoms with Crippen LogP contribution >= 0.6 is 0 Å². The summed E-state index contributed by atoms with van der Waals surface area (Å²) in [5, 5.41) is 0. The van der Waals surface area contributed by atoms with Crippen LogP contribution in [0.3, 0.4) is 0 Å². The van der Waals surface area contributed by atoms with E-state index >= 15 is 0 Å². The molecule has 0 N–H and O–H groups in total. The summed E-state index contributed by atoms with van der Waals surface area (Å²) < 4.78 is 4.34. The second kappa shape index (κ2) is 4.92. The summed E-state index contributed by atoms with van der Waals surface area (Å²) in [4.78, 5) is 10.4. The number of rotatable bonds is 1. The van der Waals surface area contributed by atoms with Crippen molar-refractivity contribution in [1.82, 2.24) is 0 Å². The molecule has 0 aromatic heterocycles. The van der Waals surface area contributed by atoms with Gasteiger partial charge in [0, 0.05) is 13.0 Å². The zero-order valence-corrected chi connectivity index (χ0v) is 5.47. The lowest BCUT2D eigenvalue weighted by atomic mass is 10.5. The lowest BCUT2D eigenvalue weighted by Crippen LogP contribution is -1.92. The fourth-order valence-corrected chi connectivity index (χ4v) is 0.271. The Morgan fingerprint density at radius 2 is 2.33 bits per heavy atom. The molecule has 9 heavy (non-hydrogen) atoms. The minimum atomic E-state index is -0.424. The van der Waals surface area contributed by atoms with Gasteiger partial charge in [0.2, 0.25) is 0 Å². The Labute approximate surface area is 54.5 Å². The predicted molar refractivity (Wildman–Crippen MR) is 34.4 cm³/mol. The van der Waals surface area contributed by atoms with Gasteiger partial charge in [0.05, 0.1) is 0 Å². The van der Waals surface area contributed by atoms with Crippen molar-refractivity contribution in [3.8, 4) is 12.0 Å². The Kier molecular flexibility index (Phi) is 4.25. The molecule has 2 heteroatoms. The molecule has 0 aromatic carbocycles. The molecule has 48 valence electrons. The minimum absolute atomic E-state index is 0.424. The number of ether oxygens (including phenoxy) is 1. The van der Waals surface area contributed by atoms with E-state index in [-0.39, 0.29) is 0 Å². The standard InChI is InChI=1S/C7H8O2/c1-3-5-7(8)9-6-4-2/h3,5H,1-2H3/b5-3+. The van der Waals surface area contributed by atoms with Crippen molar-refractivity contribution in [3.05, 3.63) is 12.2 Å². The van der Waals surface area contributed by atoms with Crippen LogP contribution in [0.25, 0.3) is 0 Å². The van der Waals surface area contributed by atoms with Crippen LogP contribution in [0.4, 0.5) is 0 Å². The van der Waals surface area contributed by atoms with Gasteiger partial charge in [0.25, 0.3) is 0 Å². The molecule has 0 heterocycles. The van der Waals surface area contributed by atoms with E-state index in [1.54, 1.807) is 19.9 Å². The molecule has 0 saturated carbocycles. The average molecular weight is 124 g/mol. The van der Waals surface area contributed by atoms with Crippen LogP contribution in [-0.4, -0.2) is 5.97 Å². The molecule has 0 aliphatic rings. The summed E-state index contributed by atoms with van der Waals surface area (Å²) in [5.41, 5.74) is 0. The molecular formula is C7H8O2. The number of hydrogen-bond acceptors (Lipinski definition) is 2. The van der Waals surface area contributed by atoms with Gasteiger partial charge in [-0.25, -0.2) is 4.79 Å². The third-order valence-electron chi connectivity index (χ3n) is 0.556. The van der Waals surface area contributed by atoms with E-state index < -0.39 is 5.97 Å². The van der Waals surface area contributed by atoms with Crippen LogP contribution in [0.2, 0.25) is 0 Å². The maximum absolute atomic E-state index is 10.4. The van der Waals surface area contributed by atoms with Crippen LogP contribution in [0.5, 0.6) is 0 Å². The highest BCUT2D eigenvalue weighted by Crippen LogP contribution is 1.77. The van der Waals surface area contributed by atoms with E-state index in [4.69, 9.17) is 0 Å². The zero-order valence-electron chi connectivity index (χ0n) is 5.47. The van der Waals surface area contributed by atoms with E-state index in [9.17, 15) is 4.79 Å². The molecule has 0 atom stereocenters. The van der Waals surface area contributed by atoms with Gasteiger partial charge in [0.1, 0.15) is 6.11 Å². The third kappa shape index (κ3) is 4.63. The molecule has 0 radical (unpaired) electrons. The molecule has 0 fully saturated rings. The summed E-state index contributed by atoms with van der Waals surface area (Å²) in [6.07, 6.45) is 5.09. The van der Waals surface area contributed by atoms with Gasteiger partial charge >= 0.3 is 5.97 Å². The van der Waals surface area contributed by atoms with Crippen LogP contribution in [0, 0.1) is 12.0 Å². The predicted octanol–water partition coefficient (Wildman–Crippen LogP) is 1.09. The summed E-state index contributed by atoms with van der Waals surface area (Å²) >= 11 is 0. The van der Waals surface area contributed by atoms with Gasteiger partial charge in [-0.3, -0.25) is 0 Å². The van der Waals surface area contributed by atoms with Crippen molar-refractivity contribution in [2.75, 3.05) is 0 Å². The van der Waals surface area contributed by atoms with Gasteiger partial charge < -0.3 is 4.74 Å². The van der Waals surface area contributed by atoms with Crippen molar-refractivity contribution < 1.29 is 9.53 Å². The Morgan fingerprint density at radius 1 is 1.67 bits per heavy atom. The molecule has 0 unspecified atom stereocenters. The molecule has 0 rings (SSSR count). The Morgan fingerprint density at radius 3 is 2.78 bits per heavy atom. The lowest BCUT2D eigenvalue weighted by Gasteiger charge is -1.83. The van der Waals surface area contributed by atoms with Gasteiger partial charge in [-0.1, -0.05) is 12.0 Å². The first kappa shape index (κ1) is 7.77. The van der Waals surface area contributed by atoms with E-state index in [1.165, 1.54) is 6.08 Å². The summed E-state index contributed by atoms with van der Waals surface area (Å²) in [6.45, 7) is 3.34. The second-order valence-electron chi connectivity index (χ2n) is 1.27. The van der Waals surface area contributed by atoms with Crippen molar-refractivity contribution in [2.45, 2.75) is 13.8 Å². The molecule has 0 amide bonds. The highest BCUT2D eigenvalue weighted by molar-refractivity contribution is 5.82. The van der Waals surface area contributed by atoms with Gasteiger partial charge in [-0.05, 0) is 6.92 Å². The first-order valence-electron chi connectivity index (χ1n) is 2.56. The molecule has 0 bridgehead atoms. The highest BCUT2D eigenvalue weighted by Gasteiger charge is 1.88. The van der Waals surface area contributed by atoms with Gasteiger partial charge in [-0.15, -0.1) is 0 Å². The number of allylic oxidation sites excluding steroid dienone is 1. The topological polar surface area (TPSA) is 26.3 Å². The maximum atomic E-state index is 10.4. The quantitative estimate of drug-likeness (QED) is 0.297. The minimum Gasteiger partial charge on any atom is -0.369 e. The van der Waals surface area contributed by atoms with E-state index in [0.717, 1.165) is 0 Å². The van der Waals surface area contributed by atoms with E-state index in [2.05, 4.69) is 16.8 Å². The molecule has 2 nitrogen and oxygen atoms in total. The molecule has 0 aromatic rings. The monoisotopic (exact) mass is 124 g/mol. The first-order chi connectivity index (χ1) is 4.31. The second-order valence-corrected chi connectivity index (χ2v) is 1.27. The highest BCUT2D eigenvalue weighted by atomic mass is 16.5. The van der Waals surface area contributed by atoms with Crippen LogP contribution in [0.1, 0.15) is 13.8 Å². The number of carbonyl (C=O) groups excluding carboxylic acids is 1. The van der Waals surface area contributed by atoms with Crippen molar-refractivity contribution in [3.63, 3.8) is 0 Å². The number of carbonyl (C=O) groups is 1. The fraction of sp³-hybridized carbons (Fsp3) is 0.286. The lowest BCUT2D eigenvalue weighted by molar-refractivity contribution is -0.131. The molecule has 0 spiro atoms. The number of hydrogen-bond donors (Lipinski definition) is 0. The Balaban J connectivity index is 3.60. The third-order valence-corrected chi connectivity index (χ3v) is 0.556. The molecule has 0 aliphatic heterocycles. The van der Waals surface area contributed by atoms with Crippen LogP contribution < -0.4 is 0 Å². The molecule has 0 aliphatic carbocycles. The summed E-state index contributed by atoms with van der Waals surface area (Å²) in [7, 11) is 0. The van der Waals surface area contributed by atoms with Gasteiger partial charge in [0.15, 0.2) is 0 Å². The number of esters is 1. The summed E-state index contributed by atoms with van der Waals surface area (Å²) in [5.74, 6) is 2.01. The van der Waals surface area contributed by atoms with Crippen molar-refractivity contribution >= 4 is 5.97 Å². The maximum Gasteiger partial charge on any atom is 0.344 e. The van der Waals surface area contributed by atoms with Crippen LogP contribution in [0.15, 0.2) is 12.2 Å². The molecular weight excluding hydrogens is 116 g/mol. The SMILES string of the molecule is CC#COC(=O)/C=C/C. The fourth-order valence-electron chi connectivity index (χ4n) is 0.271. The van der Waals surface area contributed by atoms with Gasteiger partial charge in [-0.2, -0.15) is 0 Å². The zero-order chi connectivity index (χ0) is 7.11. The van der Waals surface area contributed by atoms with E-state index in [0.29, 0.717) is 0 Å². The average Bonchev–Trinajstić information content (AvgIpc) is 1.85. The van der Waals surface area contributed by atoms with Crippen LogP contribution in [-0.2, 0) is 9.53 Å². The van der Waals surface area contributed by atoms with Crippen molar-refractivity contribution in [2.24, 2.45) is 0 Å². The molecule has 0 saturated heterocycles. The largest absolute Gasteiger partial charge is 0.369 e.